The molecular formula is C20H22N4O4S. The molecule has 9 heteroatoms. The van der Waals surface area contributed by atoms with Crippen molar-refractivity contribution in [3.63, 3.8) is 0 Å². The van der Waals surface area contributed by atoms with Gasteiger partial charge < -0.3 is 15.3 Å². The fourth-order valence-electron chi connectivity index (χ4n) is 3.72. The Morgan fingerprint density at radius 1 is 1.21 bits per heavy atom. The quantitative estimate of drug-likeness (QED) is 0.746. The van der Waals surface area contributed by atoms with Crippen molar-refractivity contribution in [2.24, 2.45) is 5.92 Å². The van der Waals surface area contributed by atoms with Crippen LogP contribution in [0.4, 0.5) is 5.82 Å². The number of hydrogen-bond acceptors (Lipinski definition) is 5. The number of nitrogens with zero attached hydrogens (tertiary/aromatic N) is 3. The summed E-state index contributed by atoms with van der Waals surface area (Å²) < 4.78 is 1.69. The third-order valence-electron chi connectivity index (χ3n) is 5.36. The van der Waals surface area contributed by atoms with Crippen LogP contribution in [0.25, 0.3) is 5.69 Å². The van der Waals surface area contributed by atoms with E-state index in [4.69, 9.17) is 5.11 Å². The second-order valence-electron chi connectivity index (χ2n) is 7.38. The lowest BCUT2D eigenvalue weighted by atomic mass is 9.97. The molecule has 2 aliphatic rings. The lowest BCUT2D eigenvalue weighted by Crippen LogP contribution is -2.45. The molecule has 2 N–H and O–H groups in total. The van der Waals surface area contributed by atoms with E-state index < -0.39 is 23.7 Å². The van der Waals surface area contributed by atoms with Crippen LogP contribution in [0.2, 0.25) is 0 Å². The molecule has 0 atom stereocenters. The molecule has 0 spiro atoms. The maximum atomic E-state index is 12.7. The number of likely N-dealkylation sites (tertiary alicyclic amines) is 1. The Morgan fingerprint density at radius 2 is 1.97 bits per heavy atom. The van der Waals surface area contributed by atoms with Crippen LogP contribution in [0.3, 0.4) is 0 Å². The molecule has 1 saturated heterocycles. The number of carbonyl (C=O) groups is 3. The summed E-state index contributed by atoms with van der Waals surface area (Å²) in [6, 6.07) is 7.80. The maximum absolute atomic E-state index is 12.7. The van der Waals surface area contributed by atoms with Crippen LogP contribution in [0.1, 0.15) is 29.7 Å². The van der Waals surface area contributed by atoms with Gasteiger partial charge in [-0.25, -0.2) is 4.68 Å². The number of nitrogens with one attached hydrogen (secondary N) is 1. The van der Waals surface area contributed by atoms with Crippen LogP contribution < -0.4 is 5.32 Å². The molecule has 0 unspecified atom stereocenters. The monoisotopic (exact) mass is 414 g/mol. The van der Waals surface area contributed by atoms with Gasteiger partial charge in [0.1, 0.15) is 5.82 Å². The van der Waals surface area contributed by atoms with Crippen molar-refractivity contribution in [1.29, 1.82) is 0 Å². The first-order valence-electron chi connectivity index (χ1n) is 9.52. The number of aryl methyl sites for hydroxylation is 1. The number of aliphatic carboxylic acids is 1. The smallest absolute Gasteiger partial charge is 0.315 e. The van der Waals surface area contributed by atoms with Gasteiger partial charge in [-0.15, -0.1) is 0 Å². The van der Waals surface area contributed by atoms with Gasteiger partial charge in [0, 0.05) is 30.2 Å². The lowest BCUT2D eigenvalue weighted by molar-refractivity contribution is -0.148. The van der Waals surface area contributed by atoms with Crippen molar-refractivity contribution >= 4 is 35.4 Å². The normalized spacial score (nSPS) is 16.5. The molecule has 1 aromatic carbocycles. The third-order valence-corrected chi connectivity index (χ3v) is 6.33. The number of amides is 2. The SMILES string of the molecule is Cc1cccc(-n2nc3c(c2NC(=O)C(=O)N2CCC(C(=O)O)CC2)CSC3)c1. The first-order chi connectivity index (χ1) is 13.9. The average Bonchev–Trinajstić information content (AvgIpc) is 3.30. The summed E-state index contributed by atoms with van der Waals surface area (Å²) in [5.74, 6) is -0.614. The number of carboxylic acid groups (broad SMARTS) is 1. The largest absolute Gasteiger partial charge is 0.481 e. The van der Waals surface area contributed by atoms with Crippen molar-refractivity contribution in [3.8, 4) is 5.69 Å². The molecule has 0 aliphatic carbocycles. The van der Waals surface area contributed by atoms with Gasteiger partial charge in [-0.2, -0.15) is 16.9 Å². The highest BCUT2D eigenvalue weighted by Crippen LogP contribution is 2.36. The number of thioether (sulfide) groups is 1. The van der Waals surface area contributed by atoms with Crippen LogP contribution in [0.15, 0.2) is 24.3 Å². The topological polar surface area (TPSA) is 105 Å². The van der Waals surface area contributed by atoms with E-state index in [1.807, 2.05) is 31.2 Å². The number of carboxylic acids is 1. The Labute approximate surface area is 172 Å². The number of anilines is 1. The van der Waals surface area contributed by atoms with E-state index in [9.17, 15) is 14.4 Å². The summed E-state index contributed by atoms with van der Waals surface area (Å²) in [6.07, 6.45) is 0.725. The van der Waals surface area contributed by atoms with Gasteiger partial charge in [0.15, 0.2) is 0 Å². The maximum Gasteiger partial charge on any atom is 0.315 e. The van der Waals surface area contributed by atoms with E-state index in [0.717, 1.165) is 34.0 Å². The van der Waals surface area contributed by atoms with E-state index >= 15 is 0 Å². The van der Waals surface area contributed by atoms with Crippen LogP contribution >= 0.6 is 11.8 Å². The van der Waals surface area contributed by atoms with Gasteiger partial charge in [0.05, 0.1) is 17.3 Å². The number of hydrogen-bond donors (Lipinski definition) is 2. The van der Waals surface area contributed by atoms with E-state index in [2.05, 4.69) is 10.4 Å². The summed E-state index contributed by atoms with van der Waals surface area (Å²) in [5, 5.41) is 16.5. The molecule has 29 heavy (non-hydrogen) atoms. The van der Waals surface area contributed by atoms with Crippen LogP contribution in [0, 0.1) is 12.8 Å². The zero-order chi connectivity index (χ0) is 20.5. The predicted molar refractivity (Wildman–Crippen MR) is 109 cm³/mol. The summed E-state index contributed by atoms with van der Waals surface area (Å²) in [6.45, 7) is 2.53. The van der Waals surface area contributed by atoms with Gasteiger partial charge >= 0.3 is 17.8 Å². The molecule has 2 aliphatic heterocycles. The number of benzene rings is 1. The lowest BCUT2D eigenvalue weighted by Gasteiger charge is -2.29. The first kappa shape index (κ1) is 19.5. The van der Waals surface area contributed by atoms with Crippen LogP contribution in [-0.4, -0.2) is 50.7 Å². The minimum Gasteiger partial charge on any atom is -0.481 e. The third kappa shape index (κ3) is 3.87. The van der Waals surface area contributed by atoms with E-state index in [-0.39, 0.29) is 13.1 Å². The Kier molecular flexibility index (Phi) is 5.31. The summed E-state index contributed by atoms with van der Waals surface area (Å²) in [4.78, 5) is 37.9. The standard InChI is InChI=1S/C20H22N4O4S/c1-12-3-2-4-14(9-12)24-17(15-10-29-11-16(15)22-24)21-18(25)19(26)23-7-5-13(6-8-23)20(27)28/h2-4,9,13H,5-8,10-11H2,1H3,(H,21,25)(H,27,28). The average molecular weight is 414 g/mol. The second kappa shape index (κ2) is 7.90. The second-order valence-corrected chi connectivity index (χ2v) is 8.36. The van der Waals surface area contributed by atoms with Crippen molar-refractivity contribution in [2.75, 3.05) is 18.4 Å². The van der Waals surface area contributed by atoms with Gasteiger partial charge in [0.25, 0.3) is 0 Å². The minimum absolute atomic E-state index is 0.272. The van der Waals surface area contributed by atoms with Gasteiger partial charge in [-0.3, -0.25) is 14.4 Å². The zero-order valence-corrected chi connectivity index (χ0v) is 16.9. The highest BCUT2D eigenvalue weighted by molar-refractivity contribution is 7.98. The molecule has 0 bridgehead atoms. The Bertz CT molecular complexity index is 979. The fourth-order valence-corrected chi connectivity index (χ4v) is 4.76. The van der Waals surface area contributed by atoms with Crippen LogP contribution in [-0.2, 0) is 25.9 Å². The first-order valence-corrected chi connectivity index (χ1v) is 10.7. The molecule has 0 saturated carbocycles. The molecular weight excluding hydrogens is 392 g/mol. The van der Waals surface area contributed by atoms with E-state index in [0.29, 0.717) is 18.7 Å². The Balaban J connectivity index is 1.54. The number of aromatic nitrogens is 2. The summed E-state index contributed by atoms with van der Waals surface area (Å²) >= 11 is 1.72. The van der Waals surface area contributed by atoms with Crippen molar-refractivity contribution < 1.29 is 19.5 Å². The molecule has 4 rings (SSSR count). The molecule has 0 radical (unpaired) electrons. The minimum atomic E-state index is -0.850. The van der Waals surface area contributed by atoms with Crippen molar-refractivity contribution in [1.82, 2.24) is 14.7 Å². The number of rotatable bonds is 3. The van der Waals surface area contributed by atoms with Crippen molar-refractivity contribution in [2.45, 2.75) is 31.3 Å². The van der Waals surface area contributed by atoms with E-state index in [1.165, 1.54) is 4.90 Å². The molecule has 2 amide bonds. The summed E-state index contributed by atoms with van der Waals surface area (Å²) in [5.41, 5.74) is 3.76. The van der Waals surface area contributed by atoms with Gasteiger partial charge in [-0.05, 0) is 37.5 Å². The predicted octanol–water partition coefficient (Wildman–Crippen LogP) is 2.19. The van der Waals surface area contributed by atoms with Gasteiger partial charge in [-0.1, -0.05) is 12.1 Å². The number of piperidine rings is 1. The highest BCUT2D eigenvalue weighted by Gasteiger charge is 2.32. The molecule has 8 nitrogen and oxygen atoms in total. The van der Waals surface area contributed by atoms with Gasteiger partial charge in [0.2, 0.25) is 0 Å². The molecule has 3 heterocycles. The van der Waals surface area contributed by atoms with Crippen LogP contribution in [0.5, 0.6) is 0 Å². The molecule has 1 fully saturated rings. The van der Waals surface area contributed by atoms with E-state index in [1.54, 1.807) is 16.4 Å². The highest BCUT2D eigenvalue weighted by atomic mass is 32.2. The fraction of sp³-hybridized carbons (Fsp3) is 0.400. The number of carbonyl (C=O) groups excluding carboxylic acids is 2. The molecule has 2 aromatic rings. The Morgan fingerprint density at radius 3 is 2.66 bits per heavy atom. The molecule has 152 valence electrons. The molecule has 1 aromatic heterocycles. The zero-order valence-electron chi connectivity index (χ0n) is 16.1. The Hall–Kier alpha value is -2.81. The van der Waals surface area contributed by atoms with Crippen molar-refractivity contribution in [3.05, 3.63) is 41.1 Å². The summed E-state index contributed by atoms with van der Waals surface area (Å²) in [7, 11) is 0. The number of fused-ring (bicyclic) bond motifs is 1.